The van der Waals surface area contributed by atoms with Gasteiger partial charge in [-0.1, -0.05) is 18.2 Å². The Morgan fingerprint density at radius 3 is 2.84 bits per heavy atom. The Labute approximate surface area is 149 Å². The first-order valence-corrected chi connectivity index (χ1v) is 9.15. The predicted octanol–water partition coefficient (Wildman–Crippen LogP) is 2.21. The molecule has 136 valence electrons. The fourth-order valence-electron chi connectivity index (χ4n) is 2.95. The van der Waals surface area contributed by atoms with E-state index in [1.54, 1.807) is 0 Å². The van der Waals surface area contributed by atoms with Crippen LogP contribution in [0.15, 0.2) is 39.7 Å². The summed E-state index contributed by atoms with van der Waals surface area (Å²) in [6.07, 6.45) is 1.09. The number of ether oxygens (including phenoxy) is 1. The van der Waals surface area contributed by atoms with Gasteiger partial charge >= 0.3 is 0 Å². The Kier molecular flexibility index (Phi) is 6.71. The van der Waals surface area contributed by atoms with Crippen LogP contribution >= 0.6 is 0 Å². The lowest BCUT2D eigenvalue weighted by atomic mass is 10.2. The molecule has 1 aromatic heterocycles. The maximum Gasteiger partial charge on any atom is 0.191 e. The molecule has 0 aliphatic carbocycles. The molecule has 0 spiro atoms. The van der Waals surface area contributed by atoms with Gasteiger partial charge in [-0.2, -0.15) is 0 Å². The van der Waals surface area contributed by atoms with E-state index < -0.39 is 0 Å². The highest BCUT2D eigenvalue weighted by molar-refractivity contribution is 5.80. The van der Waals surface area contributed by atoms with Gasteiger partial charge in [-0.3, -0.25) is 4.90 Å². The third kappa shape index (κ3) is 5.47. The highest BCUT2D eigenvalue weighted by Crippen LogP contribution is 2.19. The van der Waals surface area contributed by atoms with E-state index in [1.165, 1.54) is 0 Å². The number of nitrogens with zero attached hydrogens (tertiary/aromatic N) is 2. The fourth-order valence-corrected chi connectivity index (χ4v) is 2.95. The summed E-state index contributed by atoms with van der Waals surface area (Å²) in [5.74, 6) is 1.72. The van der Waals surface area contributed by atoms with Crippen molar-refractivity contribution in [2.24, 2.45) is 4.99 Å². The smallest absolute Gasteiger partial charge is 0.191 e. The number of fused-ring (bicyclic) bond motifs is 1. The second kappa shape index (κ2) is 9.44. The first kappa shape index (κ1) is 17.8. The van der Waals surface area contributed by atoms with Crippen molar-refractivity contribution in [1.82, 2.24) is 15.5 Å². The second-order valence-corrected chi connectivity index (χ2v) is 6.18. The predicted molar refractivity (Wildman–Crippen MR) is 101 cm³/mol. The molecule has 1 fully saturated rings. The SMILES string of the molecule is CCNC(=NCc1cc2ccccc2o1)NCCCN1CCOCC1. The Morgan fingerprint density at radius 2 is 2.04 bits per heavy atom. The number of guanidine groups is 1. The lowest BCUT2D eigenvalue weighted by Gasteiger charge is -2.26. The van der Waals surface area contributed by atoms with Crippen molar-refractivity contribution in [3.8, 4) is 0 Å². The molecule has 2 heterocycles. The maximum atomic E-state index is 5.82. The Hall–Kier alpha value is -2.05. The summed E-state index contributed by atoms with van der Waals surface area (Å²) in [6.45, 7) is 9.25. The molecule has 0 atom stereocenters. The van der Waals surface area contributed by atoms with E-state index >= 15 is 0 Å². The molecule has 1 aromatic carbocycles. The second-order valence-electron chi connectivity index (χ2n) is 6.18. The molecule has 1 aliphatic rings. The maximum absolute atomic E-state index is 5.82. The van der Waals surface area contributed by atoms with Crippen LogP contribution in [0, 0.1) is 0 Å². The van der Waals surface area contributed by atoms with Gasteiger partial charge in [-0.05, 0) is 32.0 Å². The minimum absolute atomic E-state index is 0.535. The molecule has 1 aliphatic heterocycles. The zero-order valence-electron chi connectivity index (χ0n) is 15.0. The van der Waals surface area contributed by atoms with E-state index in [1.807, 2.05) is 18.2 Å². The number of rotatable bonds is 7. The van der Waals surface area contributed by atoms with Crippen LogP contribution in [0.1, 0.15) is 19.1 Å². The summed E-state index contributed by atoms with van der Waals surface area (Å²) < 4.78 is 11.2. The summed E-state index contributed by atoms with van der Waals surface area (Å²) in [7, 11) is 0. The zero-order valence-corrected chi connectivity index (χ0v) is 15.0. The molecule has 6 nitrogen and oxygen atoms in total. The molecule has 0 unspecified atom stereocenters. The molecule has 2 aromatic rings. The standard InChI is InChI=1S/C19H28N4O2/c1-2-20-19(21-8-5-9-23-10-12-24-13-11-23)22-15-17-14-16-6-3-4-7-18(16)25-17/h3-4,6-7,14H,2,5,8-13,15H2,1H3,(H2,20,21,22). The van der Waals surface area contributed by atoms with Crippen LogP contribution in [0.2, 0.25) is 0 Å². The quantitative estimate of drug-likeness (QED) is 0.458. The zero-order chi connectivity index (χ0) is 17.3. The minimum atomic E-state index is 0.535. The van der Waals surface area contributed by atoms with Gasteiger partial charge in [-0.15, -0.1) is 0 Å². The van der Waals surface area contributed by atoms with Crippen LogP contribution in [0.5, 0.6) is 0 Å². The highest BCUT2D eigenvalue weighted by Gasteiger charge is 2.09. The largest absolute Gasteiger partial charge is 0.459 e. The molecule has 6 heteroatoms. The van der Waals surface area contributed by atoms with Crippen molar-refractivity contribution in [3.05, 3.63) is 36.1 Å². The molecule has 25 heavy (non-hydrogen) atoms. The summed E-state index contributed by atoms with van der Waals surface area (Å²) in [6, 6.07) is 10.1. The number of benzene rings is 1. The van der Waals surface area contributed by atoms with Gasteiger partial charge in [0.2, 0.25) is 0 Å². The molecular formula is C19H28N4O2. The summed E-state index contributed by atoms with van der Waals surface area (Å²) >= 11 is 0. The minimum Gasteiger partial charge on any atom is -0.459 e. The van der Waals surface area contributed by atoms with E-state index in [-0.39, 0.29) is 0 Å². The lowest BCUT2D eigenvalue weighted by Crippen LogP contribution is -2.40. The molecule has 0 amide bonds. The molecule has 0 radical (unpaired) electrons. The summed E-state index contributed by atoms with van der Waals surface area (Å²) in [4.78, 5) is 7.08. The van der Waals surface area contributed by atoms with Gasteiger partial charge in [0, 0.05) is 31.6 Å². The molecule has 2 N–H and O–H groups in total. The lowest BCUT2D eigenvalue weighted by molar-refractivity contribution is 0.0376. The number of para-hydroxylation sites is 1. The third-order valence-corrected chi connectivity index (χ3v) is 4.26. The molecule has 0 saturated carbocycles. The van der Waals surface area contributed by atoms with Crippen LogP contribution < -0.4 is 10.6 Å². The first-order valence-electron chi connectivity index (χ1n) is 9.15. The number of morpholine rings is 1. The van der Waals surface area contributed by atoms with Crippen molar-refractivity contribution in [2.45, 2.75) is 19.9 Å². The molecular weight excluding hydrogens is 316 g/mol. The summed E-state index contributed by atoms with van der Waals surface area (Å²) in [5.41, 5.74) is 0.913. The van der Waals surface area contributed by atoms with E-state index in [4.69, 9.17) is 9.15 Å². The first-order chi connectivity index (χ1) is 12.3. The number of hydrogen-bond acceptors (Lipinski definition) is 4. The Morgan fingerprint density at radius 1 is 1.20 bits per heavy atom. The van der Waals surface area contributed by atoms with Gasteiger partial charge in [-0.25, -0.2) is 4.99 Å². The molecule has 3 rings (SSSR count). The van der Waals surface area contributed by atoms with Gasteiger partial charge in [0.15, 0.2) is 5.96 Å². The number of nitrogens with one attached hydrogen (secondary N) is 2. The van der Waals surface area contributed by atoms with E-state index in [0.717, 1.165) is 75.0 Å². The van der Waals surface area contributed by atoms with Crippen molar-refractivity contribution >= 4 is 16.9 Å². The highest BCUT2D eigenvalue weighted by atomic mass is 16.5. The van der Waals surface area contributed by atoms with Crippen LogP contribution in [-0.2, 0) is 11.3 Å². The molecule has 1 saturated heterocycles. The topological polar surface area (TPSA) is 62.0 Å². The Balaban J connectivity index is 1.46. The number of aliphatic imine (C=N–C) groups is 1. The summed E-state index contributed by atoms with van der Waals surface area (Å²) in [5, 5.41) is 7.81. The normalized spacial score (nSPS) is 16.3. The van der Waals surface area contributed by atoms with E-state index in [9.17, 15) is 0 Å². The van der Waals surface area contributed by atoms with Gasteiger partial charge in [0.1, 0.15) is 17.9 Å². The Bertz CT molecular complexity index is 644. The van der Waals surface area contributed by atoms with Gasteiger partial charge in [0.05, 0.1) is 13.2 Å². The van der Waals surface area contributed by atoms with Crippen molar-refractivity contribution in [3.63, 3.8) is 0 Å². The average molecular weight is 344 g/mol. The number of furan rings is 1. The monoisotopic (exact) mass is 344 g/mol. The van der Waals surface area contributed by atoms with E-state index in [0.29, 0.717) is 6.54 Å². The van der Waals surface area contributed by atoms with Crippen LogP contribution in [0.4, 0.5) is 0 Å². The van der Waals surface area contributed by atoms with Crippen molar-refractivity contribution in [1.29, 1.82) is 0 Å². The molecule has 0 bridgehead atoms. The van der Waals surface area contributed by atoms with Crippen molar-refractivity contribution in [2.75, 3.05) is 45.9 Å². The van der Waals surface area contributed by atoms with Crippen LogP contribution in [-0.4, -0.2) is 56.8 Å². The third-order valence-electron chi connectivity index (χ3n) is 4.26. The van der Waals surface area contributed by atoms with Crippen LogP contribution in [0.25, 0.3) is 11.0 Å². The van der Waals surface area contributed by atoms with Gasteiger partial charge < -0.3 is 19.8 Å². The average Bonchev–Trinajstić information content (AvgIpc) is 3.07. The fraction of sp³-hybridized carbons (Fsp3) is 0.526. The number of hydrogen-bond donors (Lipinski definition) is 2. The van der Waals surface area contributed by atoms with Gasteiger partial charge in [0.25, 0.3) is 0 Å². The van der Waals surface area contributed by atoms with E-state index in [2.05, 4.69) is 39.6 Å². The van der Waals surface area contributed by atoms with Crippen LogP contribution in [0.3, 0.4) is 0 Å². The van der Waals surface area contributed by atoms with Crippen molar-refractivity contribution < 1.29 is 9.15 Å².